The Morgan fingerprint density at radius 1 is 1.03 bits per heavy atom. The number of rotatable bonds is 8. The third-order valence-corrected chi connectivity index (χ3v) is 6.66. The van der Waals surface area contributed by atoms with E-state index in [0.29, 0.717) is 24.3 Å². The molecule has 0 unspecified atom stereocenters. The number of nitrogen functional groups attached to an aromatic ring is 1. The van der Waals surface area contributed by atoms with E-state index < -0.39 is 6.10 Å². The Kier molecular flexibility index (Phi) is 7.36. The Bertz CT molecular complexity index is 825. The number of ether oxygens (including phenoxy) is 2. The van der Waals surface area contributed by atoms with Gasteiger partial charge in [0, 0.05) is 18.3 Å². The molecule has 2 fully saturated rings. The lowest BCUT2D eigenvalue weighted by Gasteiger charge is -2.33. The maximum atomic E-state index is 10.4. The first-order valence-electron chi connectivity index (χ1n) is 11.7. The van der Waals surface area contributed by atoms with Crippen molar-refractivity contribution in [2.75, 3.05) is 32.0 Å². The molecule has 5 nitrogen and oxygen atoms in total. The molecule has 0 spiro atoms. The van der Waals surface area contributed by atoms with Gasteiger partial charge in [0.1, 0.15) is 24.2 Å². The topological polar surface area (TPSA) is 68.0 Å². The second kappa shape index (κ2) is 10.4. The van der Waals surface area contributed by atoms with Gasteiger partial charge in [0.2, 0.25) is 0 Å². The maximum absolute atomic E-state index is 10.4. The van der Waals surface area contributed by atoms with Gasteiger partial charge in [0.05, 0.1) is 6.10 Å². The molecule has 2 aromatic rings. The first kappa shape index (κ1) is 22.0. The molecule has 0 bridgehead atoms. The van der Waals surface area contributed by atoms with E-state index in [1.165, 1.54) is 31.2 Å². The minimum atomic E-state index is -0.510. The van der Waals surface area contributed by atoms with Gasteiger partial charge in [0.25, 0.3) is 0 Å². The third-order valence-electron chi connectivity index (χ3n) is 6.66. The first-order chi connectivity index (χ1) is 15.1. The van der Waals surface area contributed by atoms with Gasteiger partial charge in [-0.2, -0.15) is 0 Å². The molecular weight excluding hydrogens is 388 g/mol. The van der Waals surface area contributed by atoms with Gasteiger partial charge in [-0.25, -0.2) is 0 Å². The van der Waals surface area contributed by atoms with Crippen molar-refractivity contribution in [3.63, 3.8) is 0 Å². The summed E-state index contributed by atoms with van der Waals surface area (Å²) in [6, 6.07) is 14.4. The van der Waals surface area contributed by atoms with Crippen molar-refractivity contribution in [1.82, 2.24) is 4.90 Å². The number of benzene rings is 2. The fraction of sp³-hybridized carbons (Fsp3) is 0.538. The predicted molar refractivity (Wildman–Crippen MR) is 125 cm³/mol. The van der Waals surface area contributed by atoms with Crippen LogP contribution in [-0.4, -0.2) is 48.5 Å². The van der Waals surface area contributed by atoms with E-state index in [0.717, 1.165) is 43.0 Å². The Balaban J connectivity index is 1.20. The number of likely N-dealkylation sites (tertiary alicyclic amines) is 1. The summed E-state index contributed by atoms with van der Waals surface area (Å²) < 4.78 is 11.9. The maximum Gasteiger partial charge on any atom is 0.124 e. The molecule has 1 atom stereocenters. The Labute approximate surface area is 186 Å². The zero-order valence-electron chi connectivity index (χ0n) is 18.6. The van der Waals surface area contributed by atoms with Crippen LogP contribution in [0.5, 0.6) is 11.5 Å². The Morgan fingerprint density at radius 3 is 2.45 bits per heavy atom. The predicted octanol–water partition coefficient (Wildman–Crippen LogP) is 4.52. The van der Waals surface area contributed by atoms with Gasteiger partial charge >= 0.3 is 0 Å². The van der Waals surface area contributed by atoms with Crippen LogP contribution in [-0.2, 0) is 0 Å². The number of hydrogen-bond donors (Lipinski definition) is 2. The lowest BCUT2D eigenvalue weighted by atomic mass is 9.89. The van der Waals surface area contributed by atoms with Crippen LogP contribution in [0, 0.1) is 6.92 Å². The average Bonchev–Trinajstić information content (AvgIpc) is 3.29. The van der Waals surface area contributed by atoms with Gasteiger partial charge in [-0.1, -0.05) is 18.2 Å². The Hall–Kier alpha value is -2.24. The average molecular weight is 425 g/mol. The van der Waals surface area contributed by atoms with E-state index in [2.05, 4.69) is 29.2 Å². The van der Waals surface area contributed by atoms with Crippen molar-refractivity contribution in [1.29, 1.82) is 0 Å². The second-order valence-corrected chi connectivity index (χ2v) is 9.16. The van der Waals surface area contributed by atoms with Gasteiger partial charge in [-0.05, 0) is 93.8 Å². The molecule has 0 radical (unpaired) electrons. The molecule has 2 aliphatic rings. The number of nitrogens with two attached hydrogens (primary N) is 1. The van der Waals surface area contributed by atoms with E-state index in [1.54, 1.807) is 0 Å². The van der Waals surface area contributed by atoms with Crippen LogP contribution in [0.2, 0.25) is 0 Å². The molecule has 2 aromatic carbocycles. The van der Waals surface area contributed by atoms with E-state index >= 15 is 0 Å². The molecule has 3 N–H and O–H groups in total. The van der Waals surface area contributed by atoms with Crippen molar-refractivity contribution < 1.29 is 14.6 Å². The minimum Gasteiger partial charge on any atom is -0.490 e. The van der Waals surface area contributed by atoms with Crippen LogP contribution in [0.4, 0.5) is 5.69 Å². The number of aliphatic hydroxyl groups is 1. The van der Waals surface area contributed by atoms with Crippen molar-refractivity contribution >= 4 is 5.69 Å². The number of aliphatic hydroxyl groups excluding tert-OH is 1. The third kappa shape index (κ3) is 6.14. The fourth-order valence-electron chi connectivity index (χ4n) is 4.77. The minimum absolute atomic E-state index is 0.284. The molecule has 168 valence electrons. The Morgan fingerprint density at radius 2 is 1.74 bits per heavy atom. The molecule has 1 saturated heterocycles. The molecule has 31 heavy (non-hydrogen) atoms. The number of piperidine rings is 1. The van der Waals surface area contributed by atoms with Gasteiger partial charge in [-0.15, -0.1) is 0 Å². The van der Waals surface area contributed by atoms with Crippen LogP contribution in [0.3, 0.4) is 0 Å². The van der Waals surface area contributed by atoms with Crippen LogP contribution in [0.15, 0.2) is 42.5 Å². The normalized spacial score (nSPS) is 19.4. The van der Waals surface area contributed by atoms with Crippen LogP contribution < -0.4 is 15.2 Å². The van der Waals surface area contributed by atoms with Crippen molar-refractivity contribution in [3.8, 4) is 11.5 Å². The van der Waals surface area contributed by atoms with Crippen LogP contribution >= 0.6 is 0 Å². The van der Waals surface area contributed by atoms with Crippen LogP contribution in [0.25, 0.3) is 0 Å². The zero-order chi connectivity index (χ0) is 21.6. The first-order valence-corrected chi connectivity index (χ1v) is 11.7. The highest BCUT2D eigenvalue weighted by Crippen LogP contribution is 2.30. The monoisotopic (exact) mass is 424 g/mol. The molecule has 4 rings (SSSR count). The second-order valence-electron chi connectivity index (χ2n) is 9.16. The summed E-state index contributed by atoms with van der Waals surface area (Å²) >= 11 is 0. The van der Waals surface area contributed by atoms with Crippen LogP contribution in [0.1, 0.15) is 55.6 Å². The van der Waals surface area contributed by atoms with E-state index in [9.17, 15) is 5.11 Å². The molecule has 5 heteroatoms. The molecule has 1 aliphatic carbocycles. The largest absolute Gasteiger partial charge is 0.490 e. The number of anilines is 1. The van der Waals surface area contributed by atoms with Gasteiger partial charge < -0.3 is 25.2 Å². The summed E-state index contributed by atoms with van der Waals surface area (Å²) in [5, 5.41) is 10.4. The summed E-state index contributed by atoms with van der Waals surface area (Å²) in [4.78, 5) is 2.34. The molecule has 0 amide bonds. The SMILES string of the molecule is Cc1ccc(N)cc1OC[C@@H](O)CN1CCC(c2ccc(OC3CCCC3)cc2)CC1. The molecule has 0 aromatic heterocycles. The number of hydrogen-bond acceptors (Lipinski definition) is 5. The summed E-state index contributed by atoms with van der Waals surface area (Å²) in [5.74, 6) is 2.34. The number of nitrogens with zero attached hydrogens (tertiary/aromatic N) is 1. The molecule has 1 saturated carbocycles. The highest BCUT2D eigenvalue weighted by Gasteiger charge is 2.23. The number of aryl methyl sites for hydroxylation is 1. The van der Waals surface area contributed by atoms with E-state index in [1.807, 2.05) is 25.1 Å². The summed E-state index contributed by atoms with van der Waals surface area (Å²) in [7, 11) is 0. The smallest absolute Gasteiger partial charge is 0.124 e. The number of β-amino-alcohol motifs (C(OH)–C–C–N with tert-alkyl or cyclic N) is 1. The van der Waals surface area contributed by atoms with Crippen molar-refractivity contribution in [2.45, 2.75) is 63.6 Å². The van der Waals surface area contributed by atoms with Gasteiger partial charge in [0.15, 0.2) is 0 Å². The molecule has 1 aliphatic heterocycles. The standard InChI is InChI=1S/C26H36N2O3/c1-19-6-9-22(27)16-26(19)30-18-23(29)17-28-14-12-21(13-15-28)20-7-10-25(11-8-20)31-24-4-2-3-5-24/h6-11,16,21,23-24,29H,2-5,12-15,17-18,27H2,1H3/t23-/m0/s1. The summed E-state index contributed by atoms with van der Waals surface area (Å²) in [6.45, 7) is 4.91. The molecular formula is C26H36N2O3. The summed E-state index contributed by atoms with van der Waals surface area (Å²) in [5.41, 5.74) is 8.94. The van der Waals surface area contributed by atoms with E-state index in [4.69, 9.17) is 15.2 Å². The molecule has 1 heterocycles. The van der Waals surface area contributed by atoms with Gasteiger partial charge in [-0.3, -0.25) is 0 Å². The van der Waals surface area contributed by atoms with E-state index in [-0.39, 0.29) is 6.61 Å². The summed E-state index contributed by atoms with van der Waals surface area (Å²) in [6.07, 6.45) is 7.10. The van der Waals surface area contributed by atoms with Crippen molar-refractivity contribution in [3.05, 3.63) is 53.6 Å². The lowest BCUT2D eigenvalue weighted by Crippen LogP contribution is -2.40. The van der Waals surface area contributed by atoms with Crippen molar-refractivity contribution in [2.24, 2.45) is 0 Å². The quantitative estimate of drug-likeness (QED) is 0.610. The highest BCUT2D eigenvalue weighted by atomic mass is 16.5. The lowest BCUT2D eigenvalue weighted by molar-refractivity contribution is 0.0592. The zero-order valence-corrected chi connectivity index (χ0v) is 18.6. The highest BCUT2D eigenvalue weighted by molar-refractivity contribution is 5.47. The fourth-order valence-corrected chi connectivity index (χ4v) is 4.77.